The number of hydrogen-bond donors (Lipinski definition) is 0. The van der Waals surface area contributed by atoms with Gasteiger partial charge in [-0.05, 0) is 0 Å². The fourth-order valence-electron chi connectivity index (χ4n) is 1.01. The third kappa shape index (κ3) is 0.906. The van der Waals surface area contributed by atoms with Crippen LogP contribution in [0.15, 0.2) is 22.1 Å². The Kier molecular flexibility index (Phi) is 1.21. The summed E-state index contributed by atoms with van der Waals surface area (Å²) in [5, 5.41) is 0.480. The lowest BCUT2D eigenvalue weighted by Crippen LogP contribution is -2.25. The maximum Gasteiger partial charge on any atom is 0.153 e. The monoisotopic (exact) mass is 154 g/mol. The molecule has 0 saturated heterocycles. The molecule has 1 heterocycles. The van der Waals surface area contributed by atoms with Gasteiger partial charge < -0.3 is 0 Å². The van der Waals surface area contributed by atoms with Gasteiger partial charge in [-0.2, -0.15) is 0 Å². The molecule has 0 N–H and O–H groups in total. The highest BCUT2D eigenvalue weighted by molar-refractivity contribution is 5.07. The molecule has 1 aromatic rings. The molecule has 1 aliphatic rings. The van der Waals surface area contributed by atoms with E-state index in [-0.39, 0.29) is 12.0 Å². The maximum absolute atomic E-state index is 12.8. The molecule has 0 radical (unpaired) electrons. The summed E-state index contributed by atoms with van der Waals surface area (Å²) in [5.74, 6) is -1.25. The first kappa shape index (κ1) is 6.39. The summed E-state index contributed by atoms with van der Waals surface area (Å²) in [6.45, 7) is 0.204. The zero-order valence-electron chi connectivity index (χ0n) is 5.51. The van der Waals surface area contributed by atoms with E-state index in [1.54, 1.807) is 0 Å². The molecular weight excluding hydrogens is 150 g/mol. The third-order valence-corrected chi connectivity index (χ3v) is 1.48. The Balaban J connectivity index is 2.93. The maximum atomic E-state index is 12.8. The fourth-order valence-corrected chi connectivity index (χ4v) is 1.01. The number of nitrogens with zero attached hydrogens (tertiary/aromatic N) is 2. The molecule has 11 heavy (non-hydrogen) atoms. The van der Waals surface area contributed by atoms with Crippen molar-refractivity contribution in [3.05, 3.63) is 34.5 Å². The summed E-state index contributed by atoms with van der Waals surface area (Å²) in [5.41, 5.74) is 0. The van der Waals surface area contributed by atoms with Crippen LogP contribution in [-0.4, -0.2) is 6.67 Å². The second kappa shape index (κ2) is 2.08. The van der Waals surface area contributed by atoms with Gasteiger partial charge in [-0.15, -0.1) is 0 Å². The highest BCUT2D eigenvalue weighted by Gasteiger charge is 2.04. The first-order chi connectivity index (χ1) is 5.27. The lowest BCUT2D eigenvalue weighted by Gasteiger charge is -1.87. The van der Waals surface area contributed by atoms with Crippen LogP contribution in [0, 0.1) is 11.6 Å². The van der Waals surface area contributed by atoms with Gasteiger partial charge in [0.2, 0.25) is 0 Å². The van der Waals surface area contributed by atoms with Crippen molar-refractivity contribution >= 4 is 0 Å². The van der Waals surface area contributed by atoms with E-state index in [1.807, 2.05) is 0 Å². The molecule has 1 aliphatic heterocycles. The van der Waals surface area contributed by atoms with Gasteiger partial charge in [0.25, 0.3) is 0 Å². The van der Waals surface area contributed by atoms with Crippen molar-refractivity contribution in [1.29, 1.82) is 0 Å². The second-order valence-electron chi connectivity index (χ2n) is 2.21. The molecule has 0 unspecified atom stereocenters. The average molecular weight is 154 g/mol. The summed E-state index contributed by atoms with van der Waals surface area (Å²) in [7, 11) is 0. The smallest absolute Gasteiger partial charge is 0.153 e. The van der Waals surface area contributed by atoms with Gasteiger partial charge in [0.1, 0.15) is 17.8 Å². The van der Waals surface area contributed by atoms with Crippen molar-refractivity contribution in [2.45, 2.75) is 0 Å². The van der Waals surface area contributed by atoms with Crippen LogP contribution in [0.3, 0.4) is 0 Å². The van der Waals surface area contributed by atoms with Gasteiger partial charge >= 0.3 is 0 Å². The molecular formula is C7H4F2N2. The molecule has 0 atom stereocenters. The lowest BCUT2D eigenvalue weighted by molar-refractivity contribution is 0.571. The van der Waals surface area contributed by atoms with E-state index >= 15 is 0 Å². The highest BCUT2D eigenvalue weighted by Crippen LogP contribution is 1.94. The Bertz CT molecular complexity index is 411. The van der Waals surface area contributed by atoms with Gasteiger partial charge in [-0.3, -0.25) is 9.98 Å². The minimum Gasteiger partial charge on any atom is -0.260 e. The first-order valence-electron chi connectivity index (χ1n) is 3.11. The quantitative estimate of drug-likeness (QED) is 0.509. The number of fused-ring (bicyclic) bond motifs is 1. The van der Waals surface area contributed by atoms with Crippen molar-refractivity contribution in [1.82, 2.24) is 0 Å². The normalized spacial score (nSPS) is 13.6. The average Bonchev–Trinajstić information content (AvgIpc) is 2.34. The van der Waals surface area contributed by atoms with Crippen LogP contribution >= 0.6 is 0 Å². The third-order valence-electron chi connectivity index (χ3n) is 1.48. The van der Waals surface area contributed by atoms with Gasteiger partial charge in [-0.25, -0.2) is 8.78 Å². The largest absolute Gasteiger partial charge is 0.260 e. The molecule has 0 aliphatic carbocycles. The van der Waals surface area contributed by atoms with Crippen LogP contribution in [0.2, 0.25) is 0 Å². The summed E-state index contributed by atoms with van der Waals surface area (Å²) in [6, 6.07) is 1.98. The molecule has 0 bridgehead atoms. The van der Waals surface area contributed by atoms with E-state index in [4.69, 9.17) is 0 Å². The second-order valence-corrected chi connectivity index (χ2v) is 2.21. The molecule has 4 heteroatoms. The molecule has 0 saturated carbocycles. The summed E-state index contributed by atoms with van der Waals surface area (Å²) < 4.78 is 25.2. The van der Waals surface area contributed by atoms with Crippen molar-refractivity contribution < 1.29 is 8.78 Å². The van der Waals surface area contributed by atoms with Gasteiger partial charge in [0.05, 0.1) is 5.36 Å². The zero-order valence-corrected chi connectivity index (χ0v) is 5.51. The Morgan fingerprint density at radius 2 is 2.00 bits per heavy atom. The predicted molar refractivity (Wildman–Crippen MR) is 33.5 cm³/mol. The molecule has 0 fully saturated rings. The van der Waals surface area contributed by atoms with E-state index in [9.17, 15) is 8.78 Å². The molecule has 56 valence electrons. The molecule has 1 aromatic carbocycles. The van der Waals surface area contributed by atoms with Crippen molar-refractivity contribution in [3.8, 4) is 0 Å². The zero-order chi connectivity index (χ0) is 7.84. The fraction of sp³-hybridized carbons (Fsp3) is 0.143. The van der Waals surface area contributed by atoms with Gasteiger partial charge in [0.15, 0.2) is 5.82 Å². The van der Waals surface area contributed by atoms with E-state index in [0.717, 1.165) is 6.07 Å². The Labute approximate surface area is 60.9 Å². The van der Waals surface area contributed by atoms with Crippen molar-refractivity contribution in [2.75, 3.05) is 6.67 Å². The summed E-state index contributed by atoms with van der Waals surface area (Å²) in [6.07, 6.45) is 0. The highest BCUT2D eigenvalue weighted by atomic mass is 19.1. The van der Waals surface area contributed by atoms with E-state index in [1.165, 1.54) is 6.07 Å². The van der Waals surface area contributed by atoms with E-state index in [0.29, 0.717) is 5.36 Å². The van der Waals surface area contributed by atoms with Crippen LogP contribution in [0.5, 0.6) is 0 Å². The first-order valence-corrected chi connectivity index (χ1v) is 3.11. The SMILES string of the molecule is Fc1cc(F)c2c(c1)=NCN=2. The van der Waals surface area contributed by atoms with Crippen LogP contribution < -0.4 is 10.7 Å². The van der Waals surface area contributed by atoms with Crippen molar-refractivity contribution in [2.24, 2.45) is 9.98 Å². The Morgan fingerprint density at radius 1 is 1.18 bits per heavy atom. The topological polar surface area (TPSA) is 24.7 Å². The summed E-state index contributed by atoms with van der Waals surface area (Å²) in [4.78, 5) is 7.51. The van der Waals surface area contributed by atoms with Crippen molar-refractivity contribution in [3.63, 3.8) is 0 Å². The van der Waals surface area contributed by atoms with Crippen LogP contribution in [0.1, 0.15) is 0 Å². The number of benzene rings is 1. The van der Waals surface area contributed by atoms with Crippen LogP contribution in [0.4, 0.5) is 8.78 Å². The van der Waals surface area contributed by atoms with E-state index < -0.39 is 11.6 Å². The lowest BCUT2D eigenvalue weighted by atomic mass is 10.3. The van der Waals surface area contributed by atoms with Crippen LogP contribution in [-0.2, 0) is 0 Å². The molecule has 0 aromatic heterocycles. The van der Waals surface area contributed by atoms with Crippen LogP contribution in [0.25, 0.3) is 0 Å². The standard InChI is InChI=1S/C7H4F2N2/c8-4-1-5(9)7-6(2-4)10-3-11-7/h1-2H,3H2. The molecule has 0 amide bonds. The van der Waals surface area contributed by atoms with E-state index in [2.05, 4.69) is 9.98 Å². The summed E-state index contributed by atoms with van der Waals surface area (Å²) >= 11 is 0. The minimum atomic E-state index is -0.638. The number of halogens is 2. The molecule has 0 spiro atoms. The molecule has 2 nitrogen and oxygen atoms in total. The number of hydrogen-bond acceptors (Lipinski definition) is 2. The van der Waals surface area contributed by atoms with Gasteiger partial charge in [-0.1, -0.05) is 0 Å². The molecule has 2 rings (SSSR count). The Morgan fingerprint density at radius 3 is 2.82 bits per heavy atom. The van der Waals surface area contributed by atoms with Gasteiger partial charge in [0, 0.05) is 12.1 Å². The minimum absolute atomic E-state index is 0.173. The predicted octanol–water partition coefficient (Wildman–Crippen LogP) is 0.175. The Hall–Kier alpha value is -1.32. The number of rotatable bonds is 0.